The quantitative estimate of drug-likeness (QED) is 0.518. The lowest BCUT2D eigenvalue weighted by molar-refractivity contribution is -0.384. The van der Waals surface area contributed by atoms with E-state index in [1.807, 2.05) is 30.3 Å². The second kappa shape index (κ2) is 6.71. The molecule has 0 saturated carbocycles. The highest BCUT2D eigenvalue weighted by Crippen LogP contribution is 2.26. The zero-order valence-electron chi connectivity index (χ0n) is 12.3. The van der Waals surface area contributed by atoms with Crippen LogP contribution in [0.5, 0.6) is 0 Å². The Morgan fingerprint density at radius 2 is 1.91 bits per heavy atom. The van der Waals surface area contributed by atoms with Gasteiger partial charge in [-0.25, -0.2) is 4.79 Å². The van der Waals surface area contributed by atoms with Crippen molar-refractivity contribution in [3.8, 4) is 0 Å². The number of carbonyl (C=O) groups excluding carboxylic acids is 1. The fourth-order valence-electron chi connectivity index (χ4n) is 2.04. The molecule has 0 radical (unpaired) electrons. The number of nitro groups is 1. The lowest BCUT2D eigenvalue weighted by Crippen LogP contribution is -2.10. The average molecular weight is 300 g/mol. The maximum Gasteiger partial charge on any atom is 0.338 e. The number of nitro benzene ring substituents is 1. The Morgan fingerprint density at radius 3 is 2.50 bits per heavy atom. The van der Waals surface area contributed by atoms with E-state index in [2.05, 4.69) is 5.32 Å². The van der Waals surface area contributed by atoms with E-state index in [-0.39, 0.29) is 11.3 Å². The smallest absolute Gasteiger partial charge is 0.338 e. The van der Waals surface area contributed by atoms with Gasteiger partial charge in [-0.05, 0) is 24.6 Å². The van der Waals surface area contributed by atoms with E-state index in [0.29, 0.717) is 5.69 Å². The van der Waals surface area contributed by atoms with E-state index < -0.39 is 17.0 Å². The minimum absolute atomic E-state index is 0.147. The Labute approximate surface area is 127 Å². The van der Waals surface area contributed by atoms with E-state index in [0.717, 1.165) is 5.56 Å². The molecule has 0 amide bonds. The first-order valence-corrected chi connectivity index (χ1v) is 6.75. The summed E-state index contributed by atoms with van der Waals surface area (Å²) in [4.78, 5) is 22.6. The van der Waals surface area contributed by atoms with Crippen LogP contribution < -0.4 is 5.32 Å². The molecule has 22 heavy (non-hydrogen) atoms. The number of esters is 1. The molecule has 0 saturated heterocycles. The number of nitrogens with one attached hydrogen (secondary N) is 1. The summed E-state index contributed by atoms with van der Waals surface area (Å²) in [6.45, 7) is 1.75. The third-order valence-corrected chi connectivity index (χ3v) is 3.25. The number of rotatable bonds is 5. The highest BCUT2D eigenvalue weighted by molar-refractivity contribution is 5.91. The average Bonchev–Trinajstić information content (AvgIpc) is 2.54. The molecule has 0 aromatic heterocycles. The van der Waals surface area contributed by atoms with Crippen molar-refractivity contribution in [2.24, 2.45) is 0 Å². The molecule has 0 aliphatic rings. The first-order chi connectivity index (χ1) is 10.5. The van der Waals surface area contributed by atoms with Crippen LogP contribution in [0.15, 0.2) is 48.5 Å². The van der Waals surface area contributed by atoms with Crippen molar-refractivity contribution >= 4 is 17.3 Å². The number of anilines is 1. The molecule has 2 aromatic carbocycles. The van der Waals surface area contributed by atoms with Gasteiger partial charge in [0, 0.05) is 13.1 Å². The molecule has 2 aromatic rings. The Kier molecular flexibility index (Phi) is 4.73. The Morgan fingerprint density at radius 1 is 1.23 bits per heavy atom. The number of carbonyl (C=O) groups is 1. The summed E-state index contributed by atoms with van der Waals surface area (Å²) in [5.74, 6) is -0.595. The third-order valence-electron chi connectivity index (χ3n) is 3.25. The van der Waals surface area contributed by atoms with Gasteiger partial charge in [-0.2, -0.15) is 0 Å². The van der Waals surface area contributed by atoms with E-state index >= 15 is 0 Å². The largest absolute Gasteiger partial charge is 0.454 e. The predicted molar refractivity (Wildman–Crippen MR) is 82.9 cm³/mol. The maximum absolute atomic E-state index is 12.1. The molecule has 1 N–H and O–H groups in total. The van der Waals surface area contributed by atoms with Crippen LogP contribution in [0.4, 0.5) is 11.4 Å². The number of hydrogen-bond acceptors (Lipinski definition) is 5. The molecule has 0 heterocycles. The van der Waals surface area contributed by atoms with Crippen molar-refractivity contribution in [2.75, 3.05) is 12.4 Å². The van der Waals surface area contributed by atoms with Gasteiger partial charge in [0.2, 0.25) is 0 Å². The Balaban J connectivity index is 2.19. The van der Waals surface area contributed by atoms with Crippen LogP contribution >= 0.6 is 0 Å². The van der Waals surface area contributed by atoms with E-state index in [1.165, 1.54) is 18.2 Å². The first kappa shape index (κ1) is 15.5. The zero-order chi connectivity index (χ0) is 16.1. The van der Waals surface area contributed by atoms with Gasteiger partial charge in [-0.1, -0.05) is 30.3 Å². The van der Waals surface area contributed by atoms with Gasteiger partial charge in [0.25, 0.3) is 5.69 Å². The number of hydrogen-bond donors (Lipinski definition) is 1. The van der Waals surface area contributed by atoms with E-state index in [9.17, 15) is 14.9 Å². The highest BCUT2D eigenvalue weighted by Gasteiger charge is 2.19. The number of benzene rings is 2. The zero-order valence-corrected chi connectivity index (χ0v) is 12.3. The summed E-state index contributed by atoms with van der Waals surface area (Å²) in [6, 6.07) is 13.5. The standard InChI is InChI=1S/C16H16N2O4/c1-11(12-6-4-3-5-7-12)22-16(19)13-8-9-14(17-2)15(10-13)18(20)21/h3-11,17H,1-2H3/t11-/m0/s1. The van der Waals surface area contributed by atoms with Crippen LogP contribution in [0.3, 0.4) is 0 Å². The summed E-state index contributed by atoms with van der Waals surface area (Å²) in [6.07, 6.45) is -0.434. The van der Waals surface area contributed by atoms with Crippen LogP contribution in [0.2, 0.25) is 0 Å². The van der Waals surface area contributed by atoms with Gasteiger partial charge >= 0.3 is 5.97 Å². The van der Waals surface area contributed by atoms with Crippen molar-refractivity contribution in [3.63, 3.8) is 0 Å². The third kappa shape index (κ3) is 3.41. The van der Waals surface area contributed by atoms with Crippen molar-refractivity contribution in [1.29, 1.82) is 0 Å². The molecular weight excluding hydrogens is 284 g/mol. The van der Waals surface area contributed by atoms with Gasteiger partial charge in [0.1, 0.15) is 11.8 Å². The van der Waals surface area contributed by atoms with Crippen LogP contribution in [0.1, 0.15) is 28.9 Å². The maximum atomic E-state index is 12.1. The fourth-order valence-corrected chi connectivity index (χ4v) is 2.04. The van der Waals surface area contributed by atoms with Crippen LogP contribution in [-0.4, -0.2) is 17.9 Å². The van der Waals surface area contributed by atoms with Gasteiger partial charge in [-0.3, -0.25) is 10.1 Å². The molecule has 114 valence electrons. The normalized spacial score (nSPS) is 11.5. The van der Waals surface area contributed by atoms with Crippen molar-refractivity contribution in [3.05, 3.63) is 69.8 Å². The molecular formula is C16H16N2O4. The van der Waals surface area contributed by atoms with Crippen molar-refractivity contribution < 1.29 is 14.5 Å². The molecule has 2 rings (SSSR count). The lowest BCUT2D eigenvalue weighted by atomic mass is 10.1. The second-order valence-corrected chi connectivity index (χ2v) is 4.70. The molecule has 0 aliphatic heterocycles. The van der Waals surface area contributed by atoms with Crippen molar-refractivity contribution in [1.82, 2.24) is 0 Å². The molecule has 0 unspecified atom stereocenters. The summed E-state index contributed by atoms with van der Waals surface area (Å²) in [5.41, 5.74) is 1.19. The van der Waals surface area contributed by atoms with Crippen molar-refractivity contribution in [2.45, 2.75) is 13.0 Å². The lowest BCUT2D eigenvalue weighted by Gasteiger charge is -2.13. The number of nitrogens with zero attached hydrogens (tertiary/aromatic N) is 1. The number of ether oxygens (including phenoxy) is 1. The minimum atomic E-state index is -0.595. The van der Waals surface area contributed by atoms with Gasteiger partial charge in [0.15, 0.2) is 0 Å². The van der Waals surface area contributed by atoms with Crippen LogP contribution in [-0.2, 0) is 4.74 Å². The van der Waals surface area contributed by atoms with Gasteiger partial charge in [-0.15, -0.1) is 0 Å². The predicted octanol–water partition coefficient (Wildman–Crippen LogP) is 3.55. The molecule has 1 atom stereocenters. The van der Waals surface area contributed by atoms with Gasteiger partial charge < -0.3 is 10.1 Å². The molecule has 6 nitrogen and oxygen atoms in total. The minimum Gasteiger partial charge on any atom is -0.454 e. The summed E-state index contributed by atoms with van der Waals surface area (Å²) < 4.78 is 5.35. The molecule has 0 bridgehead atoms. The monoisotopic (exact) mass is 300 g/mol. The van der Waals surface area contributed by atoms with Crippen LogP contribution in [0.25, 0.3) is 0 Å². The summed E-state index contributed by atoms with van der Waals surface area (Å²) >= 11 is 0. The second-order valence-electron chi connectivity index (χ2n) is 4.70. The molecule has 0 aliphatic carbocycles. The molecule has 0 fully saturated rings. The van der Waals surface area contributed by atoms with E-state index in [1.54, 1.807) is 14.0 Å². The topological polar surface area (TPSA) is 81.5 Å². The van der Waals surface area contributed by atoms with E-state index in [4.69, 9.17) is 4.74 Å². The SMILES string of the molecule is CNc1ccc(C(=O)O[C@@H](C)c2ccccc2)cc1[N+](=O)[O-]. The highest BCUT2D eigenvalue weighted by atomic mass is 16.6. The Hall–Kier alpha value is -2.89. The summed E-state index contributed by atoms with van der Waals surface area (Å²) in [5, 5.41) is 13.7. The first-order valence-electron chi connectivity index (χ1n) is 6.75. The fraction of sp³-hybridized carbons (Fsp3) is 0.188. The molecule has 0 spiro atoms. The Bertz CT molecular complexity index is 686. The summed E-state index contributed by atoms with van der Waals surface area (Å²) in [7, 11) is 1.58. The molecule has 6 heteroatoms. The van der Waals surface area contributed by atoms with Crippen LogP contribution in [0, 0.1) is 10.1 Å². The van der Waals surface area contributed by atoms with Gasteiger partial charge in [0.05, 0.1) is 10.5 Å².